The molecular formula is C14H13ClN2O4. The smallest absolute Gasteiger partial charge is 0.271 e. The number of methoxy groups -OCH3 is 1. The minimum absolute atomic E-state index is 0.0540. The molecule has 0 aromatic heterocycles. The minimum atomic E-state index is -0.489. The van der Waals surface area contributed by atoms with Crippen LogP contribution in [0.15, 0.2) is 36.4 Å². The van der Waals surface area contributed by atoms with E-state index < -0.39 is 4.92 Å². The van der Waals surface area contributed by atoms with E-state index in [1.807, 2.05) is 0 Å². The quantitative estimate of drug-likeness (QED) is 0.651. The summed E-state index contributed by atoms with van der Waals surface area (Å²) in [5.74, 6) is 0.520. The number of anilines is 1. The largest absolute Gasteiger partial charge is 0.508 e. The molecule has 0 unspecified atom stereocenters. The van der Waals surface area contributed by atoms with Gasteiger partial charge in [-0.1, -0.05) is 17.7 Å². The minimum Gasteiger partial charge on any atom is -0.508 e. The molecule has 2 aromatic rings. The number of aromatic hydroxyl groups is 1. The van der Waals surface area contributed by atoms with Crippen molar-refractivity contribution >= 4 is 23.0 Å². The number of benzene rings is 2. The van der Waals surface area contributed by atoms with Crippen LogP contribution in [0.4, 0.5) is 11.4 Å². The van der Waals surface area contributed by atoms with E-state index in [0.717, 1.165) is 0 Å². The van der Waals surface area contributed by atoms with E-state index in [1.54, 1.807) is 12.1 Å². The van der Waals surface area contributed by atoms with Crippen LogP contribution < -0.4 is 10.1 Å². The normalized spacial score (nSPS) is 10.2. The average molecular weight is 309 g/mol. The Labute approximate surface area is 126 Å². The van der Waals surface area contributed by atoms with Crippen LogP contribution in [0.2, 0.25) is 5.02 Å². The van der Waals surface area contributed by atoms with Crippen molar-refractivity contribution in [2.24, 2.45) is 0 Å². The summed E-state index contributed by atoms with van der Waals surface area (Å²) in [5.41, 5.74) is 0.903. The van der Waals surface area contributed by atoms with Crippen molar-refractivity contribution in [2.75, 3.05) is 12.4 Å². The highest BCUT2D eigenvalue weighted by atomic mass is 35.5. The average Bonchev–Trinajstić information content (AvgIpc) is 2.46. The zero-order valence-corrected chi connectivity index (χ0v) is 11.9. The number of nitrogens with one attached hydrogen (secondary N) is 1. The van der Waals surface area contributed by atoms with E-state index in [2.05, 4.69) is 5.32 Å². The topological polar surface area (TPSA) is 84.6 Å². The molecule has 0 atom stereocenters. The van der Waals surface area contributed by atoms with Gasteiger partial charge in [-0.25, -0.2) is 0 Å². The van der Waals surface area contributed by atoms with Gasteiger partial charge >= 0.3 is 0 Å². The second-order valence-corrected chi connectivity index (χ2v) is 4.64. The number of ether oxygens (including phenoxy) is 1. The van der Waals surface area contributed by atoms with Crippen LogP contribution in [0.1, 0.15) is 5.56 Å². The number of nitrogens with zero attached hydrogens (tertiary/aromatic N) is 1. The fourth-order valence-corrected chi connectivity index (χ4v) is 2.09. The maximum Gasteiger partial charge on any atom is 0.271 e. The van der Waals surface area contributed by atoms with Gasteiger partial charge < -0.3 is 15.2 Å². The lowest BCUT2D eigenvalue weighted by Gasteiger charge is -2.12. The molecule has 0 aliphatic rings. The highest BCUT2D eigenvalue weighted by Crippen LogP contribution is 2.31. The lowest BCUT2D eigenvalue weighted by atomic mass is 10.2. The lowest BCUT2D eigenvalue weighted by molar-refractivity contribution is -0.384. The summed E-state index contributed by atoms with van der Waals surface area (Å²) in [7, 11) is 1.47. The van der Waals surface area contributed by atoms with Crippen molar-refractivity contribution in [1.29, 1.82) is 0 Å². The number of nitro benzene ring substituents is 1. The van der Waals surface area contributed by atoms with Gasteiger partial charge in [-0.05, 0) is 18.2 Å². The Hall–Kier alpha value is -2.47. The second-order valence-electron chi connectivity index (χ2n) is 4.23. The standard InChI is InChI=1S/C14H13ClN2O4/c1-21-14-6-5-9(17(19)20)7-12(14)16-8-10-11(15)3-2-4-13(10)18/h2-7,16,18H,8H2,1H3. The first-order valence-corrected chi connectivity index (χ1v) is 6.43. The van der Waals surface area contributed by atoms with Crippen LogP contribution in [0.25, 0.3) is 0 Å². The van der Waals surface area contributed by atoms with Gasteiger partial charge in [-0.2, -0.15) is 0 Å². The van der Waals surface area contributed by atoms with Gasteiger partial charge in [0.15, 0.2) is 0 Å². The third-order valence-electron chi connectivity index (χ3n) is 2.94. The molecule has 0 spiro atoms. The zero-order chi connectivity index (χ0) is 15.4. The summed E-state index contributed by atoms with van der Waals surface area (Å²) in [4.78, 5) is 10.3. The molecule has 2 aromatic carbocycles. The van der Waals surface area contributed by atoms with Crippen molar-refractivity contribution in [3.05, 3.63) is 57.1 Å². The molecule has 2 N–H and O–H groups in total. The van der Waals surface area contributed by atoms with E-state index >= 15 is 0 Å². The van der Waals surface area contributed by atoms with Gasteiger partial charge in [0.25, 0.3) is 5.69 Å². The molecule has 0 heterocycles. The van der Waals surface area contributed by atoms with Gasteiger partial charge in [0, 0.05) is 29.3 Å². The van der Waals surface area contributed by atoms with Crippen molar-refractivity contribution < 1.29 is 14.8 Å². The summed E-state index contributed by atoms with van der Waals surface area (Å²) in [6.07, 6.45) is 0. The van der Waals surface area contributed by atoms with E-state index in [4.69, 9.17) is 16.3 Å². The number of hydrogen-bond donors (Lipinski definition) is 2. The second kappa shape index (κ2) is 6.32. The van der Waals surface area contributed by atoms with Crippen LogP contribution >= 0.6 is 11.6 Å². The molecule has 0 radical (unpaired) electrons. The SMILES string of the molecule is COc1ccc([N+](=O)[O-])cc1NCc1c(O)cccc1Cl. The molecule has 2 rings (SSSR count). The number of non-ortho nitro benzene ring substituents is 1. The van der Waals surface area contributed by atoms with Gasteiger partial charge in [-0.3, -0.25) is 10.1 Å². The third-order valence-corrected chi connectivity index (χ3v) is 3.30. The van der Waals surface area contributed by atoms with Crippen LogP contribution in [-0.2, 0) is 6.54 Å². The van der Waals surface area contributed by atoms with Crippen molar-refractivity contribution in [3.8, 4) is 11.5 Å². The van der Waals surface area contributed by atoms with Crippen molar-refractivity contribution in [1.82, 2.24) is 0 Å². The van der Waals surface area contributed by atoms with E-state index in [0.29, 0.717) is 22.0 Å². The van der Waals surface area contributed by atoms with Gasteiger partial charge in [-0.15, -0.1) is 0 Å². The van der Waals surface area contributed by atoms with E-state index in [1.165, 1.54) is 31.4 Å². The van der Waals surface area contributed by atoms with Crippen LogP contribution in [-0.4, -0.2) is 17.1 Å². The Morgan fingerprint density at radius 3 is 2.76 bits per heavy atom. The molecule has 21 heavy (non-hydrogen) atoms. The van der Waals surface area contributed by atoms with E-state index in [9.17, 15) is 15.2 Å². The monoisotopic (exact) mass is 308 g/mol. The Balaban J connectivity index is 2.26. The number of rotatable bonds is 5. The Morgan fingerprint density at radius 1 is 1.38 bits per heavy atom. The molecule has 0 aliphatic carbocycles. The summed E-state index contributed by atoms with van der Waals surface area (Å²) in [6.45, 7) is 0.211. The zero-order valence-electron chi connectivity index (χ0n) is 11.2. The van der Waals surface area contributed by atoms with Gasteiger partial charge in [0.1, 0.15) is 11.5 Å². The van der Waals surface area contributed by atoms with Gasteiger partial charge in [0.05, 0.1) is 17.7 Å². The predicted octanol–water partition coefficient (Wildman–Crippen LogP) is 3.57. The molecule has 6 nitrogen and oxygen atoms in total. The summed E-state index contributed by atoms with van der Waals surface area (Å²) < 4.78 is 5.15. The van der Waals surface area contributed by atoms with Crippen LogP contribution in [0.5, 0.6) is 11.5 Å². The number of phenolic OH excluding ortho intramolecular Hbond substituents is 1. The molecule has 0 fully saturated rings. The Kier molecular flexibility index (Phi) is 4.49. The third kappa shape index (κ3) is 3.35. The highest BCUT2D eigenvalue weighted by molar-refractivity contribution is 6.31. The van der Waals surface area contributed by atoms with Crippen molar-refractivity contribution in [2.45, 2.75) is 6.54 Å². The number of halogens is 1. The van der Waals surface area contributed by atoms with Crippen LogP contribution in [0.3, 0.4) is 0 Å². The fourth-order valence-electron chi connectivity index (χ4n) is 1.85. The maximum absolute atomic E-state index is 10.8. The Morgan fingerprint density at radius 2 is 2.14 bits per heavy atom. The number of phenols is 1. The summed E-state index contributed by atoms with van der Waals surface area (Å²) >= 11 is 6.01. The number of hydrogen-bond acceptors (Lipinski definition) is 5. The van der Waals surface area contributed by atoms with E-state index in [-0.39, 0.29) is 18.0 Å². The Bertz CT molecular complexity index is 656. The molecule has 0 amide bonds. The first-order valence-electron chi connectivity index (χ1n) is 6.05. The first kappa shape index (κ1) is 14.9. The molecule has 110 valence electrons. The molecule has 0 saturated carbocycles. The first-order chi connectivity index (χ1) is 10.0. The maximum atomic E-state index is 10.8. The van der Waals surface area contributed by atoms with Crippen molar-refractivity contribution in [3.63, 3.8) is 0 Å². The molecule has 0 aliphatic heterocycles. The molecule has 0 saturated heterocycles. The lowest BCUT2D eigenvalue weighted by Crippen LogP contribution is -2.03. The number of nitro groups is 1. The predicted molar refractivity (Wildman–Crippen MR) is 80.1 cm³/mol. The van der Waals surface area contributed by atoms with Crippen LogP contribution in [0, 0.1) is 10.1 Å². The molecule has 7 heteroatoms. The molecular weight excluding hydrogens is 296 g/mol. The summed E-state index contributed by atoms with van der Waals surface area (Å²) in [6, 6.07) is 9.04. The fraction of sp³-hybridized carbons (Fsp3) is 0.143. The molecule has 0 bridgehead atoms. The van der Waals surface area contributed by atoms with Gasteiger partial charge in [0.2, 0.25) is 0 Å². The summed E-state index contributed by atoms with van der Waals surface area (Å²) in [5, 5.41) is 24.0. The highest BCUT2D eigenvalue weighted by Gasteiger charge is 2.12.